The predicted molar refractivity (Wildman–Crippen MR) is 389 cm³/mol. The number of phenols is 1. The summed E-state index contributed by atoms with van der Waals surface area (Å²) in [5.74, 6) is -1.97. The number of nitriles is 1. The summed E-state index contributed by atoms with van der Waals surface area (Å²) in [5.41, 5.74) is 6.17. The minimum atomic E-state index is -3.22. The van der Waals surface area contributed by atoms with Gasteiger partial charge in [-0.05, 0) is 142 Å². The van der Waals surface area contributed by atoms with Crippen molar-refractivity contribution in [2.45, 2.75) is 21.9 Å². The molecule has 0 aliphatic rings. The zero-order chi connectivity index (χ0) is 69.5. The molecular weight excluding hydrogens is 1580 g/mol. The normalized spacial score (nSPS) is 10.7. The van der Waals surface area contributed by atoms with Gasteiger partial charge in [0.05, 0.1) is 62.5 Å². The van der Waals surface area contributed by atoms with Gasteiger partial charge in [0.15, 0.2) is 11.2 Å². The Bertz CT molecular complexity index is 4630. The second-order valence-corrected chi connectivity index (χ2v) is 30.9. The molecule has 94 heavy (non-hydrogen) atoms. The Morgan fingerprint density at radius 2 is 1.12 bits per heavy atom. The number of fused-ring (bicyclic) bond motifs is 10. The molecule has 0 amide bonds. The van der Waals surface area contributed by atoms with Crippen molar-refractivity contribution in [3.63, 3.8) is 0 Å². The first-order valence-electron chi connectivity index (χ1n) is 25.2. The van der Waals surface area contributed by atoms with Crippen LogP contribution in [0.3, 0.4) is 0 Å². The van der Waals surface area contributed by atoms with Crippen molar-refractivity contribution in [1.29, 1.82) is 5.26 Å². The number of esters is 4. The Kier molecular flexibility index (Phi) is 34.7. The topological polar surface area (TPSA) is 251 Å². The van der Waals surface area contributed by atoms with Crippen molar-refractivity contribution in [3.8, 4) is 11.8 Å². The number of hydrogen-bond donors (Lipinski definition) is 3. The number of ether oxygens (including phenoxy) is 4. The van der Waals surface area contributed by atoms with E-state index in [-0.39, 0.29) is 36.3 Å². The Balaban J connectivity index is 0.000000295. The number of pyridine rings is 2. The minimum absolute atomic E-state index is 0. The van der Waals surface area contributed by atoms with Gasteiger partial charge < -0.3 is 37.9 Å². The number of nitrogens with one attached hydrogen (secondary N) is 1. The van der Waals surface area contributed by atoms with Crippen LogP contribution in [0.25, 0.3) is 65.7 Å². The van der Waals surface area contributed by atoms with Crippen LogP contribution < -0.4 is 5.56 Å². The van der Waals surface area contributed by atoms with E-state index in [2.05, 4.69) is 103 Å². The number of halogens is 13. The summed E-state index contributed by atoms with van der Waals surface area (Å²) in [6.45, 7) is 0. The molecule has 1 radical (unpaired) electrons. The summed E-state index contributed by atoms with van der Waals surface area (Å²) < 4.78 is 40.7. The number of aromatic hydroxyl groups is 1. The summed E-state index contributed by atoms with van der Waals surface area (Å²) in [6, 6.07) is 43.8. The zero-order valence-electron chi connectivity index (χ0n) is 47.7. The molecule has 17 nitrogen and oxygen atoms in total. The van der Waals surface area contributed by atoms with Crippen LogP contribution in [0.1, 0.15) is 49.7 Å². The molecule has 0 aliphatic heterocycles. The first-order chi connectivity index (χ1) is 43.8. The van der Waals surface area contributed by atoms with Gasteiger partial charge in [0, 0.05) is 47.0 Å². The monoisotopic (exact) mass is 1610 g/mol. The van der Waals surface area contributed by atoms with Crippen LogP contribution >= 0.6 is 172 Å². The van der Waals surface area contributed by atoms with Gasteiger partial charge in [-0.25, -0.2) is 14.6 Å². The van der Waals surface area contributed by atoms with Crippen molar-refractivity contribution in [2.24, 2.45) is 4.30 Å². The van der Waals surface area contributed by atoms with Crippen molar-refractivity contribution in [3.05, 3.63) is 209 Å². The average molecular weight is 1620 g/mol. The number of furan rings is 2. The van der Waals surface area contributed by atoms with Crippen molar-refractivity contribution in [2.75, 3.05) is 28.4 Å². The predicted octanol–water partition coefficient (Wildman–Crippen LogP) is 21.5. The molecule has 0 saturated heterocycles. The first kappa shape index (κ1) is 82.6. The third-order valence-electron chi connectivity index (χ3n) is 11.7. The van der Waals surface area contributed by atoms with Gasteiger partial charge in [-0.1, -0.05) is 176 Å². The second-order valence-electron chi connectivity index (χ2n) is 17.5. The number of carbonyl (C=O) groups excluding carboxylic acids is 4. The Labute approximate surface area is 611 Å². The molecule has 493 valence electrons. The van der Waals surface area contributed by atoms with Crippen LogP contribution in [-0.4, -0.2) is 78.3 Å². The average Bonchev–Trinajstić information content (AvgIpc) is 1.58. The Morgan fingerprint density at radius 1 is 0.670 bits per heavy atom. The Morgan fingerprint density at radius 3 is 1.64 bits per heavy atom. The fraction of sp³-hybridized carbons (Fsp3) is 0.131. The number of para-hydroxylation sites is 3. The molecule has 7 aromatic carbocycles. The van der Waals surface area contributed by atoms with Crippen LogP contribution in [0.4, 0.5) is 0 Å². The number of aromatic nitrogens is 2. The number of alkyl halides is 5. The maximum atomic E-state index is 12.1. The van der Waals surface area contributed by atoms with E-state index in [0.29, 0.717) is 52.9 Å². The summed E-state index contributed by atoms with van der Waals surface area (Å²) in [6.07, 6.45) is 0.0120. The zero-order valence-corrected chi connectivity index (χ0v) is 60.2. The van der Waals surface area contributed by atoms with E-state index in [1.807, 2.05) is 72.8 Å². The molecule has 0 aliphatic carbocycles. The molecule has 1 atom stereocenters. The van der Waals surface area contributed by atoms with E-state index in [1.165, 1.54) is 46.6 Å². The summed E-state index contributed by atoms with van der Waals surface area (Å²) in [5, 5.41) is 21.3. The van der Waals surface area contributed by atoms with Crippen LogP contribution in [0.15, 0.2) is 164 Å². The van der Waals surface area contributed by atoms with E-state index < -0.39 is 37.2 Å². The maximum absolute atomic E-state index is 12.1. The summed E-state index contributed by atoms with van der Waals surface area (Å²) >= 11 is 69.3. The molecule has 2 N–H and O–H groups in total. The number of hydrogen-bond acceptors (Lipinski definition) is 17. The quantitative estimate of drug-likeness (QED) is 0.0266. The van der Waals surface area contributed by atoms with Gasteiger partial charge in [-0.2, -0.15) is 5.26 Å². The van der Waals surface area contributed by atoms with Crippen LogP contribution in [0.2, 0.25) is 25.2 Å². The number of benzene rings is 7. The molecule has 0 fully saturated rings. The van der Waals surface area contributed by atoms with Gasteiger partial charge in [0.2, 0.25) is 0 Å². The number of phenolic OH excluding ortho intramolecular Hbond substituents is 1. The van der Waals surface area contributed by atoms with Crippen LogP contribution in [0, 0.1) is 11.3 Å². The fourth-order valence-corrected chi connectivity index (χ4v) is 9.39. The molecule has 0 saturated carbocycles. The molecule has 0 bridgehead atoms. The van der Waals surface area contributed by atoms with Crippen molar-refractivity contribution >= 4 is 269 Å². The third kappa shape index (κ3) is 25.4. The second kappa shape index (κ2) is 39.5. The molecular formula is C61H46BBrCl12N4O13PS. The first-order valence-corrected chi connectivity index (χ1v) is 34.4. The van der Waals surface area contributed by atoms with E-state index in [4.69, 9.17) is 124 Å². The molecule has 0 spiro atoms. The number of aromatic amines is 1. The van der Waals surface area contributed by atoms with E-state index in [9.17, 15) is 28.5 Å². The number of thiol groups is 1. The molecule has 11 aromatic rings. The van der Waals surface area contributed by atoms with Gasteiger partial charge in [-0.15, -0.1) is 0 Å². The molecule has 33 heteroatoms. The van der Waals surface area contributed by atoms with E-state index >= 15 is 0 Å². The van der Waals surface area contributed by atoms with E-state index in [1.54, 1.807) is 60.7 Å². The molecule has 11 rings (SSSR count). The van der Waals surface area contributed by atoms with Gasteiger partial charge in [0.25, 0.3) is 8.81 Å². The van der Waals surface area contributed by atoms with Crippen molar-refractivity contribution < 1.29 is 56.6 Å². The molecule has 1 unspecified atom stereocenters. The fourth-order valence-electron chi connectivity index (χ4n) is 7.88. The van der Waals surface area contributed by atoms with E-state index in [0.717, 1.165) is 54.7 Å². The summed E-state index contributed by atoms with van der Waals surface area (Å²) in [4.78, 5) is 64.2. The SMILES string of the molecule is C.COC(=O)Cc1ccc(Cl)cc1C(=O)OC.COC(=O)c1cc(Cl)ccc1C(Br)C(=O)OC.ClC(Cl)(Cl)Cl.Clc1ccc2c(c1)c(Cl)nc1c3ccccc3oc21.N#Cc1ccccc1O.O=P(Cl)(Cl)Cl.O=c1[nH]c2c3ccccc3oc2c2ccc(Cl)cc12.[B]=NS. The molecule has 4 heterocycles. The third-order valence-corrected chi connectivity index (χ3v) is 13.8. The van der Waals surface area contributed by atoms with Crippen LogP contribution in [0.5, 0.6) is 5.75 Å². The number of H-pyrrole nitrogens is 1. The Hall–Kier alpha value is -5.67. The molecule has 4 aromatic heterocycles. The standard InChI is InChI=1S/C15H7Cl2NO.C15H8ClNO2.C11H10BrClO4.C11H11ClO4.C7H5NO.CCl4.CH4.BHNS.Cl3OP/c16-8-5-6-9-11(7-8)15(17)18-13-10-3-1-2-4-12(10)19-14(9)13;16-8-5-6-9-11(7-8)15(18)17-13-10-3-1-2-4-12(10)19-14(9)13;1-16-10(14)8-5-6(13)3-4-7(8)9(12)11(15)17-2;1-15-10(13)5-7-3-4-8(12)6-9(7)11(14)16-2;8-5-6-3-1-2-4-7(6)9;2-1(3,4)5;;1-2-3;1-5(2,3)4/h1-7H;1-7H,(H,17,18);3-5,9H,1-2H3;3-4,6H,5H2,1-2H3;1-4,9H;;1H4;3H;. The van der Waals surface area contributed by atoms with Gasteiger partial charge in [-0.3, -0.25) is 18.9 Å². The number of rotatable bonds is 6. The summed E-state index contributed by atoms with van der Waals surface area (Å²) in [7, 11) is 9.42. The van der Waals surface area contributed by atoms with Gasteiger partial charge >= 0.3 is 53.8 Å². The number of methoxy groups -OCH3 is 4. The van der Waals surface area contributed by atoms with Crippen molar-refractivity contribution in [1.82, 2.24) is 9.97 Å². The number of nitrogens with zero attached hydrogens (tertiary/aromatic N) is 3. The van der Waals surface area contributed by atoms with Gasteiger partial charge in [0.1, 0.15) is 38.5 Å². The number of carbonyl (C=O) groups is 4. The van der Waals surface area contributed by atoms with Crippen LogP contribution in [-0.2, 0) is 39.5 Å².